The summed E-state index contributed by atoms with van der Waals surface area (Å²) in [4.78, 5) is 14.2. The molecule has 9 nitrogen and oxygen atoms in total. The summed E-state index contributed by atoms with van der Waals surface area (Å²) < 4.78 is 57.7. The minimum absolute atomic E-state index is 0.0704. The standard InChI is InChI=1S/C36H56O9SSi/c1-26-31(44-36(7,8)43-26)22-28(42-25-41-23-27-17-13-11-14-18-27)21-30(37)32(38)33(45-47(9,10)34(2,3)4)35(5,6)24-46(39,40)29-19-15-12-16-20-29/h11-20,26,28,31-33,38H,21-25H2,1-10H3/t26-,28+,31-,32+,33-/m1/s1. The number of ketones is 1. The number of carbonyl (C=O) groups excluding carboxylic acids is 1. The Balaban J connectivity index is 1.85. The molecular weight excluding hydrogens is 637 g/mol. The molecule has 1 aliphatic rings. The SMILES string of the molecule is C[C@H]1OC(C)(C)O[C@@H]1C[C@H](CC(=O)[C@H](O)[C@@H](O[Si](C)(C)C(C)(C)C)C(C)(C)CS(=O)(=O)c1ccccc1)OCOCc1ccccc1. The van der Waals surface area contributed by atoms with Gasteiger partial charge in [0.25, 0.3) is 0 Å². The zero-order valence-electron chi connectivity index (χ0n) is 29.8. The number of Topliss-reactive ketones (excluding diaryl/α,β-unsaturated/α-hetero) is 1. The number of aliphatic hydroxyl groups excluding tert-OH is 1. The van der Waals surface area contributed by atoms with Crippen LogP contribution < -0.4 is 0 Å². The number of aliphatic hydroxyl groups is 1. The summed E-state index contributed by atoms with van der Waals surface area (Å²) in [5, 5.41) is 11.5. The van der Waals surface area contributed by atoms with E-state index in [0.717, 1.165) is 5.56 Å². The van der Waals surface area contributed by atoms with Crippen LogP contribution >= 0.6 is 0 Å². The first-order chi connectivity index (χ1) is 21.6. The quantitative estimate of drug-likeness (QED) is 0.110. The number of ether oxygens (including phenoxy) is 4. The van der Waals surface area contributed by atoms with Crippen molar-refractivity contribution in [1.29, 1.82) is 0 Å². The molecule has 0 spiro atoms. The number of hydrogen-bond donors (Lipinski definition) is 1. The molecule has 3 rings (SSSR count). The summed E-state index contributed by atoms with van der Waals surface area (Å²) in [5.41, 5.74) is -0.143. The molecule has 1 saturated heterocycles. The Kier molecular flexibility index (Phi) is 13.2. The van der Waals surface area contributed by atoms with Gasteiger partial charge in [0.05, 0.1) is 41.7 Å². The maximum Gasteiger partial charge on any atom is 0.192 e. The molecule has 0 aromatic heterocycles. The van der Waals surface area contributed by atoms with Crippen LogP contribution in [0.4, 0.5) is 0 Å². The number of rotatable bonds is 17. The van der Waals surface area contributed by atoms with E-state index in [2.05, 4.69) is 20.8 Å². The minimum Gasteiger partial charge on any atom is -0.410 e. The van der Waals surface area contributed by atoms with Crippen molar-refractivity contribution >= 4 is 23.9 Å². The van der Waals surface area contributed by atoms with Gasteiger partial charge in [0.15, 0.2) is 29.7 Å². The molecule has 5 atom stereocenters. The van der Waals surface area contributed by atoms with Crippen LogP contribution in [-0.4, -0.2) is 76.5 Å². The smallest absolute Gasteiger partial charge is 0.192 e. The van der Waals surface area contributed by atoms with E-state index in [1.807, 2.05) is 64.2 Å². The first kappa shape index (κ1) is 39.5. The van der Waals surface area contributed by atoms with Crippen LogP contribution in [0.25, 0.3) is 0 Å². The Morgan fingerprint density at radius 3 is 2.09 bits per heavy atom. The number of benzene rings is 2. The molecule has 1 fully saturated rings. The normalized spacial score (nSPS) is 20.9. The molecule has 0 radical (unpaired) electrons. The molecule has 2 aromatic carbocycles. The number of sulfone groups is 1. The fraction of sp³-hybridized carbons (Fsp3) is 0.639. The molecule has 1 heterocycles. The van der Waals surface area contributed by atoms with Gasteiger partial charge in [0, 0.05) is 18.3 Å². The van der Waals surface area contributed by atoms with Crippen molar-refractivity contribution in [3.63, 3.8) is 0 Å². The third-order valence-corrected chi connectivity index (χ3v) is 15.7. The first-order valence-electron chi connectivity index (χ1n) is 16.4. The summed E-state index contributed by atoms with van der Waals surface area (Å²) in [6, 6.07) is 17.9. The van der Waals surface area contributed by atoms with Crippen molar-refractivity contribution in [2.24, 2.45) is 5.41 Å². The van der Waals surface area contributed by atoms with Crippen LogP contribution in [0.2, 0.25) is 18.1 Å². The lowest BCUT2D eigenvalue weighted by Gasteiger charge is -2.45. The zero-order chi connectivity index (χ0) is 35.3. The lowest BCUT2D eigenvalue weighted by molar-refractivity contribution is -0.156. The Bertz CT molecular complexity index is 1390. The molecule has 2 aromatic rings. The largest absolute Gasteiger partial charge is 0.410 e. The summed E-state index contributed by atoms with van der Waals surface area (Å²) in [5.74, 6) is -1.60. The predicted octanol–water partition coefficient (Wildman–Crippen LogP) is 6.69. The number of carbonyl (C=O) groups is 1. The van der Waals surface area contributed by atoms with E-state index in [1.165, 1.54) is 0 Å². The molecular formula is C36H56O9SSi. The van der Waals surface area contributed by atoms with Gasteiger partial charge in [-0.2, -0.15) is 0 Å². The van der Waals surface area contributed by atoms with Crippen LogP contribution in [-0.2, 0) is 44.6 Å². The van der Waals surface area contributed by atoms with Crippen molar-refractivity contribution in [1.82, 2.24) is 0 Å². The van der Waals surface area contributed by atoms with E-state index < -0.39 is 53.5 Å². The lowest BCUT2D eigenvalue weighted by Crippen LogP contribution is -2.56. The van der Waals surface area contributed by atoms with Gasteiger partial charge in [-0.05, 0) is 56.6 Å². The van der Waals surface area contributed by atoms with Crippen molar-refractivity contribution in [3.8, 4) is 0 Å². The molecule has 0 bridgehead atoms. The van der Waals surface area contributed by atoms with Crippen molar-refractivity contribution in [3.05, 3.63) is 66.2 Å². The maximum atomic E-state index is 14.0. The van der Waals surface area contributed by atoms with E-state index in [9.17, 15) is 18.3 Å². The van der Waals surface area contributed by atoms with Gasteiger partial charge in [-0.1, -0.05) is 83.1 Å². The average Bonchev–Trinajstić information content (AvgIpc) is 3.23. The van der Waals surface area contributed by atoms with Crippen LogP contribution in [0, 0.1) is 5.41 Å². The van der Waals surface area contributed by atoms with E-state index in [4.69, 9.17) is 23.4 Å². The molecule has 0 amide bonds. The van der Waals surface area contributed by atoms with E-state index in [-0.39, 0.29) is 41.1 Å². The van der Waals surface area contributed by atoms with Gasteiger partial charge in [-0.15, -0.1) is 0 Å². The summed E-state index contributed by atoms with van der Waals surface area (Å²) in [6.45, 7) is 19.6. The second-order valence-corrected chi connectivity index (χ2v) is 22.1. The van der Waals surface area contributed by atoms with Crippen molar-refractivity contribution in [2.45, 2.75) is 134 Å². The van der Waals surface area contributed by atoms with Crippen LogP contribution in [0.3, 0.4) is 0 Å². The van der Waals surface area contributed by atoms with Crippen LogP contribution in [0.1, 0.15) is 73.8 Å². The van der Waals surface area contributed by atoms with Gasteiger partial charge in [0.1, 0.15) is 12.9 Å². The minimum atomic E-state index is -3.77. The van der Waals surface area contributed by atoms with Crippen LogP contribution in [0.5, 0.6) is 0 Å². The molecule has 0 saturated carbocycles. The zero-order valence-corrected chi connectivity index (χ0v) is 31.6. The Morgan fingerprint density at radius 1 is 0.979 bits per heavy atom. The van der Waals surface area contributed by atoms with Gasteiger partial charge < -0.3 is 28.5 Å². The highest BCUT2D eigenvalue weighted by molar-refractivity contribution is 7.91. The molecule has 47 heavy (non-hydrogen) atoms. The van der Waals surface area contributed by atoms with Gasteiger partial charge in [-0.25, -0.2) is 8.42 Å². The first-order valence-corrected chi connectivity index (χ1v) is 20.9. The van der Waals surface area contributed by atoms with E-state index in [0.29, 0.717) is 13.0 Å². The fourth-order valence-electron chi connectivity index (χ4n) is 5.54. The second kappa shape index (κ2) is 15.7. The van der Waals surface area contributed by atoms with Gasteiger partial charge in [-0.3, -0.25) is 4.79 Å². The Hall–Kier alpha value is -1.96. The van der Waals surface area contributed by atoms with Crippen molar-refractivity contribution < 1.29 is 41.7 Å². The third-order valence-electron chi connectivity index (χ3n) is 9.13. The maximum absolute atomic E-state index is 14.0. The third kappa shape index (κ3) is 11.3. The fourth-order valence-corrected chi connectivity index (χ4v) is 8.86. The van der Waals surface area contributed by atoms with Crippen molar-refractivity contribution in [2.75, 3.05) is 12.5 Å². The molecule has 11 heteroatoms. The van der Waals surface area contributed by atoms with Crippen LogP contribution in [0.15, 0.2) is 65.6 Å². The monoisotopic (exact) mass is 692 g/mol. The summed E-state index contributed by atoms with van der Waals surface area (Å²) in [6.07, 6.45) is -3.76. The highest BCUT2D eigenvalue weighted by atomic mass is 32.2. The summed E-state index contributed by atoms with van der Waals surface area (Å²) >= 11 is 0. The average molecular weight is 693 g/mol. The number of hydrogen-bond acceptors (Lipinski definition) is 9. The molecule has 1 aliphatic heterocycles. The highest BCUT2D eigenvalue weighted by Crippen LogP contribution is 2.42. The van der Waals surface area contributed by atoms with E-state index >= 15 is 0 Å². The molecule has 0 unspecified atom stereocenters. The van der Waals surface area contributed by atoms with E-state index in [1.54, 1.807) is 44.2 Å². The summed E-state index contributed by atoms with van der Waals surface area (Å²) in [7, 11) is -6.35. The van der Waals surface area contributed by atoms with Gasteiger partial charge >= 0.3 is 0 Å². The lowest BCUT2D eigenvalue weighted by atomic mass is 9.83. The molecule has 1 N–H and O–H groups in total. The Labute approximate surface area is 283 Å². The Morgan fingerprint density at radius 2 is 1.55 bits per heavy atom. The molecule has 264 valence electrons. The second-order valence-electron chi connectivity index (χ2n) is 15.3. The molecule has 0 aliphatic carbocycles. The predicted molar refractivity (Wildman–Crippen MR) is 185 cm³/mol. The highest BCUT2D eigenvalue weighted by Gasteiger charge is 2.49. The van der Waals surface area contributed by atoms with Gasteiger partial charge in [0.2, 0.25) is 0 Å². The topological polar surface area (TPSA) is 118 Å².